The Kier molecular flexibility index (Phi) is 8.72. The van der Waals surface area contributed by atoms with Gasteiger partial charge in [0.25, 0.3) is 0 Å². The summed E-state index contributed by atoms with van der Waals surface area (Å²) in [5.41, 5.74) is 0.929. The number of hydrogen-bond acceptors (Lipinski definition) is 3. The molecule has 1 aromatic rings. The second kappa shape index (κ2) is 11.0. The van der Waals surface area contributed by atoms with Crippen molar-refractivity contribution < 1.29 is 14.0 Å². The first-order valence-corrected chi connectivity index (χ1v) is 9.98. The lowest BCUT2D eigenvalue weighted by Gasteiger charge is -2.35. The molecule has 0 unspecified atom stereocenters. The van der Waals surface area contributed by atoms with Crippen LogP contribution in [-0.2, 0) is 16.1 Å². The van der Waals surface area contributed by atoms with E-state index in [1.807, 2.05) is 11.8 Å². The van der Waals surface area contributed by atoms with E-state index in [-0.39, 0.29) is 36.8 Å². The molecule has 27 heavy (non-hydrogen) atoms. The van der Waals surface area contributed by atoms with E-state index in [9.17, 15) is 14.0 Å². The highest BCUT2D eigenvalue weighted by molar-refractivity contribution is 5.81. The van der Waals surface area contributed by atoms with Gasteiger partial charge < -0.3 is 10.2 Å². The average Bonchev–Trinajstić information content (AvgIpc) is 2.66. The molecule has 150 valence electrons. The molecule has 1 aliphatic carbocycles. The molecule has 6 heteroatoms. The molecule has 2 amide bonds. The van der Waals surface area contributed by atoms with Gasteiger partial charge in [-0.25, -0.2) is 4.39 Å². The second-order valence-electron chi connectivity index (χ2n) is 7.46. The van der Waals surface area contributed by atoms with E-state index >= 15 is 0 Å². The highest BCUT2D eigenvalue weighted by Gasteiger charge is 2.26. The third-order valence-electron chi connectivity index (χ3n) is 4.99. The Morgan fingerprint density at radius 3 is 2.41 bits per heavy atom. The van der Waals surface area contributed by atoms with Gasteiger partial charge in [0.15, 0.2) is 0 Å². The van der Waals surface area contributed by atoms with Crippen LogP contribution in [-0.4, -0.2) is 54.3 Å². The first kappa shape index (κ1) is 21.4. The summed E-state index contributed by atoms with van der Waals surface area (Å²) in [6, 6.07) is 6.56. The fraction of sp³-hybridized carbons (Fsp3) is 0.619. The van der Waals surface area contributed by atoms with Gasteiger partial charge >= 0.3 is 0 Å². The van der Waals surface area contributed by atoms with Crippen LogP contribution in [0.2, 0.25) is 0 Å². The number of rotatable bonds is 9. The van der Waals surface area contributed by atoms with Crippen molar-refractivity contribution in [2.24, 2.45) is 0 Å². The molecule has 2 rings (SSSR count). The lowest BCUT2D eigenvalue weighted by molar-refractivity contribution is -0.136. The van der Waals surface area contributed by atoms with Gasteiger partial charge in [-0.1, -0.05) is 38.3 Å². The maximum absolute atomic E-state index is 13.2. The summed E-state index contributed by atoms with van der Waals surface area (Å²) in [5, 5.41) is 2.83. The maximum atomic E-state index is 13.2. The third kappa shape index (κ3) is 7.29. The highest BCUT2D eigenvalue weighted by Crippen LogP contribution is 2.24. The van der Waals surface area contributed by atoms with Gasteiger partial charge in [-0.2, -0.15) is 0 Å². The molecule has 0 atom stereocenters. The SMILES string of the molecule is CCCNC(=O)CN(C)CC(=O)N(Cc1ccc(F)cc1)C1CCCCC1. The Hall–Kier alpha value is -1.95. The van der Waals surface area contributed by atoms with Crippen molar-refractivity contribution in [3.8, 4) is 0 Å². The number of amides is 2. The van der Waals surface area contributed by atoms with E-state index < -0.39 is 0 Å². The number of carbonyl (C=O) groups excluding carboxylic acids is 2. The zero-order chi connectivity index (χ0) is 19.6. The zero-order valence-electron chi connectivity index (χ0n) is 16.5. The fourth-order valence-electron chi connectivity index (χ4n) is 3.54. The van der Waals surface area contributed by atoms with Crippen LogP contribution in [0.5, 0.6) is 0 Å². The van der Waals surface area contributed by atoms with E-state index in [2.05, 4.69) is 5.32 Å². The van der Waals surface area contributed by atoms with Gasteiger partial charge in [-0.3, -0.25) is 14.5 Å². The lowest BCUT2D eigenvalue weighted by atomic mass is 9.93. The minimum atomic E-state index is -0.271. The normalized spacial score (nSPS) is 15.0. The van der Waals surface area contributed by atoms with Crippen molar-refractivity contribution >= 4 is 11.8 Å². The molecule has 0 spiro atoms. The first-order chi connectivity index (χ1) is 13.0. The van der Waals surface area contributed by atoms with Gasteiger partial charge in [0.05, 0.1) is 13.1 Å². The number of benzene rings is 1. The summed E-state index contributed by atoms with van der Waals surface area (Å²) in [4.78, 5) is 28.6. The summed E-state index contributed by atoms with van der Waals surface area (Å²) in [6.45, 7) is 3.56. The molecule has 0 radical (unpaired) electrons. The fourth-order valence-corrected chi connectivity index (χ4v) is 3.54. The molecule has 1 N–H and O–H groups in total. The molecule has 1 fully saturated rings. The summed E-state index contributed by atoms with van der Waals surface area (Å²) in [6.07, 6.45) is 6.38. The number of carbonyl (C=O) groups is 2. The van der Waals surface area contributed by atoms with E-state index in [0.717, 1.165) is 37.7 Å². The smallest absolute Gasteiger partial charge is 0.237 e. The monoisotopic (exact) mass is 377 g/mol. The number of hydrogen-bond donors (Lipinski definition) is 1. The quantitative estimate of drug-likeness (QED) is 0.720. The Balaban J connectivity index is 1.99. The molecule has 1 aromatic carbocycles. The standard InChI is InChI=1S/C21H32FN3O2/c1-3-13-23-20(26)15-24(2)16-21(27)25(19-7-5-4-6-8-19)14-17-9-11-18(22)12-10-17/h9-12,19H,3-8,13-16H2,1-2H3,(H,23,26). The topological polar surface area (TPSA) is 52.7 Å². The number of likely N-dealkylation sites (N-methyl/N-ethyl adjacent to an activating group) is 1. The van der Waals surface area contributed by atoms with E-state index in [0.29, 0.717) is 13.1 Å². The van der Waals surface area contributed by atoms with E-state index in [4.69, 9.17) is 0 Å². The van der Waals surface area contributed by atoms with Crippen LogP contribution < -0.4 is 5.32 Å². The molecule has 5 nitrogen and oxygen atoms in total. The molecule has 0 bridgehead atoms. The van der Waals surface area contributed by atoms with E-state index in [1.54, 1.807) is 24.1 Å². The molecular formula is C21H32FN3O2. The third-order valence-corrected chi connectivity index (χ3v) is 4.99. The molecule has 1 saturated carbocycles. The Labute approximate surface area is 161 Å². The largest absolute Gasteiger partial charge is 0.355 e. The molecule has 0 aromatic heterocycles. The zero-order valence-corrected chi connectivity index (χ0v) is 16.5. The molecule has 1 aliphatic rings. The number of halogens is 1. The molecule has 0 aliphatic heterocycles. The number of nitrogens with one attached hydrogen (secondary N) is 1. The summed E-state index contributed by atoms with van der Waals surface area (Å²) < 4.78 is 13.2. The summed E-state index contributed by atoms with van der Waals surface area (Å²) in [5.74, 6) is -0.306. The average molecular weight is 378 g/mol. The van der Waals surface area contributed by atoms with Crippen molar-refractivity contribution in [2.45, 2.75) is 58.0 Å². The Morgan fingerprint density at radius 1 is 1.11 bits per heavy atom. The lowest BCUT2D eigenvalue weighted by Crippen LogP contribution is -2.47. The van der Waals surface area contributed by atoms with Gasteiger partial charge in [0.1, 0.15) is 5.82 Å². The predicted molar refractivity (Wildman–Crippen MR) is 105 cm³/mol. The van der Waals surface area contributed by atoms with Crippen molar-refractivity contribution in [3.63, 3.8) is 0 Å². The van der Waals surface area contributed by atoms with Crippen molar-refractivity contribution in [1.29, 1.82) is 0 Å². The van der Waals surface area contributed by atoms with E-state index in [1.165, 1.54) is 18.6 Å². The van der Waals surface area contributed by atoms with Gasteiger partial charge in [-0.05, 0) is 44.0 Å². The molecule has 0 saturated heterocycles. The number of nitrogens with zero attached hydrogens (tertiary/aromatic N) is 2. The Morgan fingerprint density at radius 2 is 1.78 bits per heavy atom. The van der Waals surface area contributed by atoms with Crippen LogP contribution >= 0.6 is 0 Å². The van der Waals surface area contributed by atoms with Crippen molar-refractivity contribution in [3.05, 3.63) is 35.6 Å². The van der Waals surface area contributed by atoms with Gasteiger partial charge in [0.2, 0.25) is 11.8 Å². The van der Waals surface area contributed by atoms with Crippen molar-refractivity contribution in [2.75, 3.05) is 26.7 Å². The molecular weight excluding hydrogens is 345 g/mol. The van der Waals surface area contributed by atoms with Crippen LogP contribution in [0.3, 0.4) is 0 Å². The van der Waals surface area contributed by atoms with Crippen molar-refractivity contribution in [1.82, 2.24) is 15.1 Å². The maximum Gasteiger partial charge on any atom is 0.237 e. The first-order valence-electron chi connectivity index (χ1n) is 9.98. The van der Waals surface area contributed by atoms with Crippen LogP contribution in [0.15, 0.2) is 24.3 Å². The van der Waals surface area contributed by atoms with Gasteiger partial charge in [-0.15, -0.1) is 0 Å². The van der Waals surface area contributed by atoms with Crippen LogP contribution in [0.25, 0.3) is 0 Å². The minimum absolute atomic E-state index is 0.0250. The Bertz CT molecular complexity index is 600. The molecule has 0 heterocycles. The summed E-state index contributed by atoms with van der Waals surface area (Å²) >= 11 is 0. The second-order valence-corrected chi connectivity index (χ2v) is 7.46. The van der Waals surface area contributed by atoms with Crippen LogP contribution in [0, 0.1) is 5.82 Å². The van der Waals surface area contributed by atoms with Crippen LogP contribution in [0.4, 0.5) is 4.39 Å². The van der Waals surface area contributed by atoms with Gasteiger partial charge in [0, 0.05) is 19.1 Å². The predicted octanol–water partition coefficient (Wildman–Crippen LogP) is 2.95. The minimum Gasteiger partial charge on any atom is -0.355 e. The highest BCUT2D eigenvalue weighted by atomic mass is 19.1. The summed E-state index contributed by atoms with van der Waals surface area (Å²) in [7, 11) is 1.79. The van der Waals surface area contributed by atoms with Crippen LogP contribution in [0.1, 0.15) is 51.0 Å².